The molecule has 0 radical (unpaired) electrons. The van der Waals surface area contributed by atoms with E-state index >= 15 is 0 Å². The average molecular weight is 520 g/mol. The Hall–Kier alpha value is -3.28. The zero-order valence-corrected chi connectivity index (χ0v) is 20.7. The molecule has 4 heterocycles. The lowest BCUT2D eigenvalue weighted by Gasteiger charge is -2.15. The van der Waals surface area contributed by atoms with E-state index in [9.17, 15) is 18.7 Å². The van der Waals surface area contributed by atoms with Gasteiger partial charge in [0.25, 0.3) is 5.56 Å². The van der Waals surface area contributed by atoms with E-state index < -0.39 is 29.4 Å². The van der Waals surface area contributed by atoms with Crippen LogP contribution in [0.1, 0.15) is 35.9 Å². The van der Waals surface area contributed by atoms with Gasteiger partial charge in [0.2, 0.25) is 5.88 Å². The number of hydrogen-bond donors (Lipinski definition) is 1. The number of hydrogen-bond acceptors (Lipinski definition) is 8. The van der Waals surface area contributed by atoms with Crippen molar-refractivity contribution in [3.63, 3.8) is 0 Å². The largest absolute Gasteiger partial charge is 0.470 e. The zero-order valence-electron chi connectivity index (χ0n) is 19.1. The van der Waals surface area contributed by atoms with Gasteiger partial charge in [-0.1, -0.05) is 11.6 Å². The molecular formula is C23H20ClF2N5O3S. The summed E-state index contributed by atoms with van der Waals surface area (Å²) >= 11 is 7.57. The highest BCUT2D eigenvalue weighted by atomic mass is 35.5. The minimum atomic E-state index is -1.09. The van der Waals surface area contributed by atoms with Gasteiger partial charge in [-0.05, 0) is 39.3 Å². The van der Waals surface area contributed by atoms with E-state index in [0.717, 1.165) is 6.20 Å². The maximum Gasteiger partial charge on any atom is 0.280 e. The van der Waals surface area contributed by atoms with Gasteiger partial charge in [0.15, 0.2) is 10.8 Å². The Kier molecular flexibility index (Phi) is 6.67. The molecule has 0 amide bonds. The molecule has 0 unspecified atom stereocenters. The second-order valence-corrected chi connectivity index (χ2v) is 9.48. The van der Waals surface area contributed by atoms with Crippen molar-refractivity contribution in [2.45, 2.75) is 39.9 Å². The molecular weight excluding hydrogens is 500 g/mol. The summed E-state index contributed by atoms with van der Waals surface area (Å²) in [7, 11) is 0. The van der Waals surface area contributed by atoms with Crippen LogP contribution >= 0.6 is 22.9 Å². The van der Waals surface area contributed by atoms with E-state index in [-0.39, 0.29) is 22.4 Å². The van der Waals surface area contributed by atoms with Gasteiger partial charge in [-0.2, -0.15) is 4.98 Å². The van der Waals surface area contributed by atoms with Gasteiger partial charge in [0.1, 0.15) is 40.2 Å². The summed E-state index contributed by atoms with van der Waals surface area (Å²) in [6.07, 6.45) is 2.46. The summed E-state index contributed by atoms with van der Waals surface area (Å²) in [4.78, 5) is 29.9. The third-order valence-electron chi connectivity index (χ3n) is 5.00. The number of ether oxygens (including phenoxy) is 1. The van der Waals surface area contributed by atoms with Gasteiger partial charge >= 0.3 is 0 Å². The first-order valence-electron chi connectivity index (χ1n) is 10.3. The smallest absolute Gasteiger partial charge is 0.280 e. The van der Waals surface area contributed by atoms with Crippen molar-refractivity contribution in [2.24, 2.45) is 0 Å². The summed E-state index contributed by atoms with van der Waals surface area (Å²) in [6.45, 7) is 6.26. The Labute approximate surface area is 207 Å². The standard InChI is InChI=1S/C23H20ClF2N5O3S/c1-11-7-27-15(17-10-35-22(30-17)23(3,4)33)6-18(11)31-12(2)29-20(19(24)21(31)32)34-9-16-14(26)5-13(25)8-28-16/h5-8,10,33H,9H2,1-4H3. The lowest BCUT2D eigenvalue weighted by Crippen LogP contribution is -2.24. The molecule has 0 bridgehead atoms. The van der Waals surface area contributed by atoms with Crippen molar-refractivity contribution >= 4 is 22.9 Å². The number of aliphatic hydroxyl groups is 1. The molecule has 0 spiro atoms. The van der Waals surface area contributed by atoms with Crippen LogP contribution in [-0.2, 0) is 12.2 Å². The molecule has 4 aromatic rings. The Morgan fingerprint density at radius 2 is 1.89 bits per heavy atom. The minimum Gasteiger partial charge on any atom is -0.470 e. The SMILES string of the molecule is Cc1cnc(-c2csc(C(C)(C)O)n2)cc1-n1c(C)nc(OCc2ncc(F)cc2F)c(Cl)c1=O. The molecule has 4 rings (SSSR count). The van der Waals surface area contributed by atoms with Crippen LogP contribution in [0.5, 0.6) is 5.88 Å². The van der Waals surface area contributed by atoms with Crippen molar-refractivity contribution < 1.29 is 18.6 Å². The maximum atomic E-state index is 13.9. The normalized spacial score (nSPS) is 11.7. The van der Waals surface area contributed by atoms with E-state index in [4.69, 9.17) is 16.3 Å². The molecule has 182 valence electrons. The summed E-state index contributed by atoms with van der Waals surface area (Å²) in [5.41, 5.74) is 0.365. The number of nitrogens with zero attached hydrogens (tertiary/aromatic N) is 5. The maximum absolute atomic E-state index is 13.9. The van der Waals surface area contributed by atoms with E-state index in [1.807, 2.05) is 0 Å². The molecule has 0 aliphatic heterocycles. The van der Waals surface area contributed by atoms with Gasteiger partial charge in [0, 0.05) is 17.6 Å². The fourth-order valence-electron chi connectivity index (χ4n) is 3.21. The summed E-state index contributed by atoms with van der Waals surface area (Å²) in [5, 5.41) is 12.2. The first kappa shape index (κ1) is 24.8. The van der Waals surface area contributed by atoms with Gasteiger partial charge in [0.05, 0.1) is 17.6 Å². The van der Waals surface area contributed by atoms with Gasteiger partial charge in [-0.15, -0.1) is 11.3 Å². The van der Waals surface area contributed by atoms with Crippen LogP contribution in [0.2, 0.25) is 5.02 Å². The van der Waals surface area contributed by atoms with Crippen LogP contribution in [0.4, 0.5) is 8.78 Å². The highest BCUT2D eigenvalue weighted by molar-refractivity contribution is 7.10. The summed E-state index contributed by atoms with van der Waals surface area (Å²) in [5.74, 6) is -1.64. The summed E-state index contributed by atoms with van der Waals surface area (Å²) in [6, 6.07) is 2.36. The van der Waals surface area contributed by atoms with Crippen LogP contribution < -0.4 is 10.3 Å². The predicted molar refractivity (Wildman–Crippen MR) is 127 cm³/mol. The second-order valence-electron chi connectivity index (χ2n) is 8.24. The summed E-state index contributed by atoms with van der Waals surface area (Å²) < 4.78 is 33.7. The molecule has 0 fully saturated rings. The highest BCUT2D eigenvalue weighted by Crippen LogP contribution is 2.29. The minimum absolute atomic E-state index is 0.158. The highest BCUT2D eigenvalue weighted by Gasteiger charge is 2.22. The Morgan fingerprint density at radius 1 is 1.14 bits per heavy atom. The number of thiazole rings is 1. The van der Waals surface area contributed by atoms with E-state index in [2.05, 4.69) is 19.9 Å². The third-order valence-corrected chi connectivity index (χ3v) is 6.48. The van der Waals surface area contributed by atoms with Gasteiger partial charge in [-0.25, -0.2) is 13.8 Å². The lowest BCUT2D eigenvalue weighted by molar-refractivity contribution is 0.0783. The number of halogens is 3. The van der Waals surface area contributed by atoms with E-state index in [1.165, 1.54) is 15.9 Å². The number of aromatic nitrogens is 5. The predicted octanol–water partition coefficient (Wildman–Crippen LogP) is 4.50. The van der Waals surface area contributed by atoms with Crippen molar-refractivity contribution in [1.29, 1.82) is 0 Å². The first-order chi connectivity index (χ1) is 16.5. The molecule has 1 N–H and O–H groups in total. The van der Waals surface area contributed by atoms with Crippen molar-refractivity contribution in [2.75, 3.05) is 0 Å². The number of pyridine rings is 2. The molecule has 0 aliphatic rings. The van der Waals surface area contributed by atoms with Crippen molar-refractivity contribution in [3.05, 3.63) is 79.0 Å². The zero-order chi connectivity index (χ0) is 25.5. The van der Waals surface area contributed by atoms with E-state index in [0.29, 0.717) is 33.7 Å². The topological polar surface area (TPSA) is 103 Å². The molecule has 0 atom stereocenters. The molecule has 0 aliphatic carbocycles. The molecule has 4 aromatic heterocycles. The third kappa shape index (κ3) is 5.07. The lowest BCUT2D eigenvalue weighted by atomic mass is 10.1. The molecule has 8 nitrogen and oxygen atoms in total. The van der Waals surface area contributed by atoms with Crippen molar-refractivity contribution in [3.8, 4) is 23.0 Å². The molecule has 35 heavy (non-hydrogen) atoms. The number of rotatable bonds is 6. The van der Waals surface area contributed by atoms with Gasteiger partial charge in [-0.3, -0.25) is 19.3 Å². The first-order valence-corrected chi connectivity index (χ1v) is 11.6. The van der Waals surface area contributed by atoms with Crippen LogP contribution in [0.25, 0.3) is 17.1 Å². The van der Waals surface area contributed by atoms with Crippen LogP contribution in [0.15, 0.2) is 34.7 Å². The van der Waals surface area contributed by atoms with E-state index in [1.54, 1.807) is 45.3 Å². The Bertz CT molecular complexity index is 1480. The van der Waals surface area contributed by atoms with Crippen LogP contribution in [-0.4, -0.2) is 29.6 Å². The fraction of sp³-hybridized carbons (Fsp3) is 0.261. The van der Waals surface area contributed by atoms with Crippen LogP contribution in [0, 0.1) is 25.5 Å². The molecule has 0 saturated heterocycles. The Balaban J connectivity index is 1.70. The Morgan fingerprint density at radius 3 is 2.54 bits per heavy atom. The monoisotopic (exact) mass is 519 g/mol. The number of aryl methyl sites for hydroxylation is 2. The quantitative estimate of drug-likeness (QED) is 0.400. The molecule has 0 aromatic carbocycles. The fourth-order valence-corrected chi connectivity index (χ4v) is 4.23. The van der Waals surface area contributed by atoms with Gasteiger partial charge < -0.3 is 9.84 Å². The molecule has 12 heteroatoms. The second kappa shape index (κ2) is 9.40. The average Bonchev–Trinajstić information content (AvgIpc) is 3.28. The molecule has 0 saturated carbocycles. The van der Waals surface area contributed by atoms with Crippen LogP contribution in [0.3, 0.4) is 0 Å². The van der Waals surface area contributed by atoms with Crippen molar-refractivity contribution in [1.82, 2.24) is 24.5 Å².